The van der Waals surface area contributed by atoms with Crippen LogP contribution in [-0.2, 0) is 4.79 Å². The van der Waals surface area contributed by atoms with Gasteiger partial charge in [0.05, 0.1) is 0 Å². The molecule has 0 aliphatic heterocycles. The summed E-state index contributed by atoms with van der Waals surface area (Å²) in [5.74, 6) is 5.27. The number of fused-ring (bicyclic) bond motifs is 5. The second-order valence-electron chi connectivity index (χ2n) is 12.6. The average molecular weight is 414 g/mol. The summed E-state index contributed by atoms with van der Waals surface area (Å²) in [4.78, 5) is 11.8. The zero-order chi connectivity index (χ0) is 21.7. The van der Waals surface area contributed by atoms with Crippen molar-refractivity contribution in [3.05, 3.63) is 11.6 Å². The highest BCUT2D eigenvalue weighted by Gasteiger charge is 2.59. The van der Waals surface area contributed by atoms with Crippen LogP contribution in [0.2, 0.25) is 0 Å². The lowest BCUT2D eigenvalue weighted by molar-refractivity contribution is -0.123. The topological polar surface area (TPSA) is 43.1 Å². The van der Waals surface area contributed by atoms with Crippen LogP contribution >= 0.6 is 0 Å². The summed E-state index contributed by atoms with van der Waals surface area (Å²) >= 11 is 0. The predicted molar refractivity (Wildman–Crippen MR) is 126 cm³/mol. The fourth-order valence-corrected chi connectivity index (χ4v) is 8.93. The van der Waals surface area contributed by atoms with Gasteiger partial charge in [0.2, 0.25) is 5.91 Å². The molecule has 0 radical (unpaired) electrons. The first kappa shape index (κ1) is 22.4. The van der Waals surface area contributed by atoms with Crippen molar-refractivity contribution in [1.29, 1.82) is 0 Å². The summed E-state index contributed by atoms with van der Waals surface area (Å²) in [5.41, 5.74) is 8.15. The summed E-state index contributed by atoms with van der Waals surface area (Å²) < 4.78 is 0. The molecule has 0 aromatic rings. The van der Waals surface area contributed by atoms with Gasteiger partial charge in [-0.25, -0.2) is 0 Å². The number of carbonyl (C=O) groups excluding carboxylic acids is 1. The smallest absolute Gasteiger partial charge is 0.220 e. The molecule has 4 aliphatic carbocycles. The number of rotatable bonds is 6. The Labute approximate surface area is 185 Å². The van der Waals surface area contributed by atoms with Crippen LogP contribution in [0.5, 0.6) is 0 Å². The summed E-state index contributed by atoms with van der Waals surface area (Å²) in [5, 5.41) is 0. The summed E-state index contributed by atoms with van der Waals surface area (Å²) in [7, 11) is 0. The van der Waals surface area contributed by atoms with Gasteiger partial charge < -0.3 is 5.73 Å². The molecule has 0 saturated heterocycles. The summed E-state index contributed by atoms with van der Waals surface area (Å²) in [6.07, 6.45) is 16.9. The van der Waals surface area contributed by atoms with Crippen LogP contribution in [0.4, 0.5) is 0 Å². The fraction of sp³-hybridized carbons (Fsp3) is 0.893. The fourth-order valence-electron chi connectivity index (χ4n) is 8.93. The minimum Gasteiger partial charge on any atom is -0.369 e. The molecule has 30 heavy (non-hydrogen) atoms. The zero-order valence-electron chi connectivity index (χ0n) is 20.4. The molecule has 1 amide bonds. The molecule has 0 aromatic heterocycles. The molecule has 0 heterocycles. The molecule has 2 N–H and O–H groups in total. The van der Waals surface area contributed by atoms with Crippen molar-refractivity contribution < 1.29 is 4.79 Å². The summed E-state index contributed by atoms with van der Waals surface area (Å²) in [6.45, 7) is 12.5. The molecule has 170 valence electrons. The normalized spacial score (nSPS) is 44.1. The standard InChI is InChI=1S/C28H47NO/c1-18(2)7-6-8-19(3)23-11-12-24-22-10-9-21-17-20(26(29)30)13-15-27(21,4)25(22)14-16-28(23,24)5/h9,18-20,22-25H,6-8,10-17H2,1-5H3,(H2,29,30)/t19-,20+,22+,23-,24+,25+,27+,28-/m1/s1. The molecule has 0 aromatic carbocycles. The number of primary amides is 1. The first-order valence-corrected chi connectivity index (χ1v) is 13.2. The maximum atomic E-state index is 11.8. The maximum Gasteiger partial charge on any atom is 0.220 e. The van der Waals surface area contributed by atoms with E-state index in [4.69, 9.17) is 5.73 Å². The van der Waals surface area contributed by atoms with E-state index in [0.29, 0.717) is 10.8 Å². The van der Waals surface area contributed by atoms with Crippen LogP contribution in [0, 0.1) is 52.3 Å². The van der Waals surface area contributed by atoms with Crippen molar-refractivity contribution in [3.8, 4) is 0 Å². The van der Waals surface area contributed by atoms with Gasteiger partial charge in [-0.05, 0) is 97.7 Å². The molecule has 2 nitrogen and oxygen atoms in total. The monoisotopic (exact) mass is 413 g/mol. The molecule has 0 bridgehead atoms. The number of hydrogen-bond acceptors (Lipinski definition) is 1. The number of allylic oxidation sites excluding steroid dienone is 2. The summed E-state index contributed by atoms with van der Waals surface area (Å²) in [6, 6.07) is 0. The van der Waals surface area contributed by atoms with Crippen LogP contribution < -0.4 is 5.73 Å². The van der Waals surface area contributed by atoms with E-state index in [-0.39, 0.29) is 11.8 Å². The third-order valence-electron chi connectivity index (χ3n) is 10.7. The highest BCUT2D eigenvalue weighted by molar-refractivity contribution is 5.77. The van der Waals surface area contributed by atoms with Crippen LogP contribution in [0.15, 0.2) is 11.6 Å². The van der Waals surface area contributed by atoms with Crippen molar-refractivity contribution in [1.82, 2.24) is 0 Å². The third kappa shape index (κ3) is 3.69. The number of amides is 1. The van der Waals surface area contributed by atoms with Crippen LogP contribution in [0.1, 0.15) is 105 Å². The molecule has 2 heteroatoms. The van der Waals surface area contributed by atoms with E-state index in [1.807, 2.05) is 0 Å². The lowest BCUT2D eigenvalue weighted by Gasteiger charge is -2.58. The first-order valence-electron chi connectivity index (χ1n) is 13.2. The molecular formula is C28H47NO. The lowest BCUT2D eigenvalue weighted by Crippen LogP contribution is -2.51. The second-order valence-corrected chi connectivity index (χ2v) is 12.6. The average Bonchev–Trinajstić information content (AvgIpc) is 3.04. The van der Waals surface area contributed by atoms with Gasteiger partial charge in [0.25, 0.3) is 0 Å². The van der Waals surface area contributed by atoms with E-state index >= 15 is 0 Å². The predicted octanol–water partition coefficient (Wildman–Crippen LogP) is 7.13. The first-order chi connectivity index (χ1) is 14.2. The number of hydrogen-bond donors (Lipinski definition) is 1. The van der Waals surface area contributed by atoms with Gasteiger partial charge in [-0.2, -0.15) is 0 Å². The van der Waals surface area contributed by atoms with Gasteiger partial charge in [-0.15, -0.1) is 0 Å². The lowest BCUT2D eigenvalue weighted by atomic mass is 9.46. The van der Waals surface area contributed by atoms with Crippen molar-refractivity contribution >= 4 is 5.91 Å². The van der Waals surface area contributed by atoms with Gasteiger partial charge >= 0.3 is 0 Å². The van der Waals surface area contributed by atoms with Gasteiger partial charge in [0.1, 0.15) is 0 Å². The highest BCUT2D eigenvalue weighted by atomic mass is 16.1. The van der Waals surface area contributed by atoms with Crippen LogP contribution in [0.25, 0.3) is 0 Å². The third-order valence-corrected chi connectivity index (χ3v) is 10.7. The zero-order valence-corrected chi connectivity index (χ0v) is 20.4. The van der Waals surface area contributed by atoms with E-state index in [1.54, 1.807) is 5.57 Å². The molecule has 0 spiro atoms. The van der Waals surface area contributed by atoms with E-state index in [0.717, 1.165) is 48.3 Å². The molecular weight excluding hydrogens is 366 g/mol. The molecule has 3 saturated carbocycles. The molecule has 0 unspecified atom stereocenters. The SMILES string of the molecule is CC(C)CCC[C@@H](C)[C@H]1CC[C@H]2[C@@H]3CC=C4C[C@@H](C(N)=O)CC[C@]4(C)[C@H]3CC[C@]12C. The Morgan fingerprint density at radius 2 is 1.83 bits per heavy atom. The number of carbonyl (C=O) groups is 1. The minimum absolute atomic E-state index is 0.0808. The Morgan fingerprint density at radius 3 is 2.53 bits per heavy atom. The quantitative estimate of drug-likeness (QED) is 0.462. The Bertz CT molecular complexity index is 680. The molecule has 4 rings (SSSR count). The molecule has 4 aliphatic rings. The van der Waals surface area contributed by atoms with Crippen molar-refractivity contribution in [3.63, 3.8) is 0 Å². The van der Waals surface area contributed by atoms with E-state index in [2.05, 4.69) is 40.7 Å². The van der Waals surface area contributed by atoms with Gasteiger partial charge in [-0.3, -0.25) is 4.79 Å². The van der Waals surface area contributed by atoms with Gasteiger partial charge in [0, 0.05) is 5.92 Å². The van der Waals surface area contributed by atoms with Gasteiger partial charge in [0.15, 0.2) is 0 Å². The highest BCUT2D eigenvalue weighted by Crippen LogP contribution is 2.67. The van der Waals surface area contributed by atoms with Crippen molar-refractivity contribution in [2.24, 2.45) is 58.0 Å². The second kappa shape index (κ2) is 8.28. The van der Waals surface area contributed by atoms with Crippen molar-refractivity contribution in [2.75, 3.05) is 0 Å². The Kier molecular flexibility index (Phi) is 6.19. The van der Waals surface area contributed by atoms with E-state index in [1.165, 1.54) is 57.8 Å². The van der Waals surface area contributed by atoms with E-state index < -0.39 is 0 Å². The van der Waals surface area contributed by atoms with Crippen LogP contribution in [0.3, 0.4) is 0 Å². The van der Waals surface area contributed by atoms with Crippen LogP contribution in [-0.4, -0.2) is 5.91 Å². The number of nitrogens with two attached hydrogens (primary N) is 1. The van der Waals surface area contributed by atoms with Gasteiger partial charge in [-0.1, -0.05) is 65.5 Å². The minimum atomic E-state index is -0.0821. The Morgan fingerprint density at radius 1 is 1.07 bits per heavy atom. The Balaban J connectivity index is 1.49. The molecule has 3 fully saturated rings. The van der Waals surface area contributed by atoms with Crippen molar-refractivity contribution in [2.45, 2.75) is 105 Å². The van der Waals surface area contributed by atoms with E-state index in [9.17, 15) is 4.79 Å². The maximum absolute atomic E-state index is 11.8. The largest absolute Gasteiger partial charge is 0.369 e. The Hall–Kier alpha value is -0.790. The molecule has 8 atom stereocenters.